The summed E-state index contributed by atoms with van der Waals surface area (Å²) >= 11 is 0. The Hall–Kier alpha value is -0.530. The molecule has 0 bridgehead atoms. The molecular weight excluding hydrogens is 138 g/mol. The fourth-order valence-corrected chi connectivity index (χ4v) is 1.71. The van der Waals surface area contributed by atoms with Gasteiger partial charge < -0.3 is 5.32 Å². The zero-order valence-corrected chi connectivity index (χ0v) is 7.23. The molecule has 0 radical (unpaired) electrons. The van der Waals surface area contributed by atoms with Crippen LogP contribution in [0.4, 0.5) is 0 Å². The quantitative estimate of drug-likeness (QED) is 0.575. The number of carbonyl (C=O) groups excluding carboxylic acids is 1. The molecule has 0 spiro atoms. The maximum Gasteiger partial charge on any atom is 0.217 e. The molecule has 0 aromatic heterocycles. The van der Waals surface area contributed by atoms with Crippen molar-refractivity contribution in [3.05, 3.63) is 0 Å². The Morgan fingerprint density at radius 3 is 2.18 bits per heavy atom. The lowest BCUT2D eigenvalue weighted by Crippen LogP contribution is -2.32. The molecule has 1 N–H and O–H groups in total. The fraction of sp³-hybridized carbons (Fsp3) is 0.889. The van der Waals surface area contributed by atoms with Crippen LogP contribution in [0.25, 0.3) is 0 Å². The standard InChI is InChI=1S/C9H17NO/c1-8(11)10-9-6-4-2-3-5-7-9/h9H,2-7H2,1H3,(H,10,11). The highest BCUT2D eigenvalue weighted by molar-refractivity contribution is 5.73. The SMILES string of the molecule is CC(=O)NC1CCCCCC1. The number of hydrogen-bond donors (Lipinski definition) is 1. The number of rotatable bonds is 1. The average Bonchev–Trinajstić information content (AvgIpc) is 2.14. The smallest absolute Gasteiger partial charge is 0.217 e. The Labute approximate surface area is 68.4 Å². The minimum absolute atomic E-state index is 0.122. The second-order valence-electron chi connectivity index (χ2n) is 3.39. The molecule has 64 valence electrons. The molecule has 1 aliphatic rings. The van der Waals surface area contributed by atoms with E-state index in [0.717, 1.165) is 0 Å². The average molecular weight is 155 g/mol. The molecule has 11 heavy (non-hydrogen) atoms. The number of carbonyl (C=O) groups is 1. The summed E-state index contributed by atoms with van der Waals surface area (Å²) in [5, 5.41) is 2.98. The van der Waals surface area contributed by atoms with E-state index in [0.29, 0.717) is 6.04 Å². The van der Waals surface area contributed by atoms with Crippen molar-refractivity contribution < 1.29 is 4.79 Å². The lowest BCUT2D eigenvalue weighted by atomic mass is 10.1. The molecule has 0 aromatic rings. The van der Waals surface area contributed by atoms with Crippen molar-refractivity contribution in [1.82, 2.24) is 5.32 Å². The molecular formula is C9H17NO. The molecule has 2 nitrogen and oxygen atoms in total. The third-order valence-corrected chi connectivity index (χ3v) is 2.26. The van der Waals surface area contributed by atoms with Crippen molar-refractivity contribution in [3.63, 3.8) is 0 Å². The summed E-state index contributed by atoms with van der Waals surface area (Å²) in [7, 11) is 0. The van der Waals surface area contributed by atoms with E-state index in [1.807, 2.05) is 0 Å². The molecule has 0 saturated heterocycles. The molecule has 1 rings (SSSR count). The topological polar surface area (TPSA) is 29.1 Å². The van der Waals surface area contributed by atoms with Crippen molar-refractivity contribution in [2.75, 3.05) is 0 Å². The Balaban J connectivity index is 2.25. The third-order valence-electron chi connectivity index (χ3n) is 2.26. The van der Waals surface area contributed by atoms with E-state index in [1.165, 1.54) is 38.5 Å². The van der Waals surface area contributed by atoms with Gasteiger partial charge in [0.05, 0.1) is 0 Å². The van der Waals surface area contributed by atoms with Crippen LogP contribution < -0.4 is 5.32 Å². The Morgan fingerprint density at radius 2 is 1.73 bits per heavy atom. The van der Waals surface area contributed by atoms with E-state index in [-0.39, 0.29) is 5.91 Å². The van der Waals surface area contributed by atoms with Gasteiger partial charge in [-0.3, -0.25) is 4.79 Å². The van der Waals surface area contributed by atoms with E-state index in [2.05, 4.69) is 5.32 Å². The Bertz CT molecular complexity index is 126. The van der Waals surface area contributed by atoms with Gasteiger partial charge in [0.15, 0.2) is 0 Å². The monoisotopic (exact) mass is 155 g/mol. The van der Waals surface area contributed by atoms with Gasteiger partial charge in [0, 0.05) is 13.0 Å². The van der Waals surface area contributed by atoms with Gasteiger partial charge in [-0.05, 0) is 12.8 Å². The van der Waals surface area contributed by atoms with E-state index in [4.69, 9.17) is 0 Å². The van der Waals surface area contributed by atoms with Crippen LogP contribution >= 0.6 is 0 Å². The highest BCUT2D eigenvalue weighted by Gasteiger charge is 2.11. The molecule has 0 aromatic carbocycles. The van der Waals surface area contributed by atoms with E-state index in [9.17, 15) is 4.79 Å². The lowest BCUT2D eigenvalue weighted by Gasteiger charge is -2.13. The summed E-state index contributed by atoms with van der Waals surface area (Å²) in [5.41, 5.74) is 0. The zero-order chi connectivity index (χ0) is 8.10. The predicted molar refractivity (Wildman–Crippen MR) is 45.3 cm³/mol. The van der Waals surface area contributed by atoms with Gasteiger partial charge >= 0.3 is 0 Å². The molecule has 0 atom stereocenters. The van der Waals surface area contributed by atoms with Crippen LogP contribution in [0.15, 0.2) is 0 Å². The third kappa shape index (κ3) is 3.40. The van der Waals surface area contributed by atoms with Crippen LogP contribution in [0.1, 0.15) is 45.4 Å². The Kier molecular flexibility index (Phi) is 3.40. The normalized spacial score (nSPS) is 20.8. The van der Waals surface area contributed by atoms with Gasteiger partial charge in [0.1, 0.15) is 0 Å². The summed E-state index contributed by atoms with van der Waals surface area (Å²) in [6.07, 6.45) is 7.61. The molecule has 1 amide bonds. The molecule has 1 saturated carbocycles. The van der Waals surface area contributed by atoms with Gasteiger partial charge in [-0.1, -0.05) is 25.7 Å². The van der Waals surface area contributed by atoms with Crippen molar-refractivity contribution in [3.8, 4) is 0 Å². The molecule has 0 aliphatic heterocycles. The first kappa shape index (κ1) is 8.57. The maximum atomic E-state index is 10.7. The van der Waals surface area contributed by atoms with Gasteiger partial charge in [-0.25, -0.2) is 0 Å². The van der Waals surface area contributed by atoms with Crippen molar-refractivity contribution >= 4 is 5.91 Å². The highest BCUT2D eigenvalue weighted by Crippen LogP contribution is 2.16. The van der Waals surface area contributed by atoms with Crippen LogP contribution in [-0.2, 0) is 4.79 Å². The summed E-state index contributed by atoms with van der Waals surface area (Å²) < 4.78 is 0. The second kappa shape index (κ2) is 4.37. The predicted octanol–water partition coefficient (Wildman–Crippen LogP) is 1.85. The van der Waals surface area contributed by atoms with E-state index < -0.39 is 0 Å². The maximum absolute atomic E-state index is 10.7. The molecule has 2 heteroatoms. The van der Waals surface area contributed by atoms with E-state index >= 15 is 0 Å². The highest BCUT2D eigenvalue weighted by atomic mass is 16.1. The minimum Gasteiger partial charge on any atom is -0.354 e. The summed E-state index contributed by atoms with van der Waals surface area (Å²) in [5.74, 6) is 0.122. The minimum atomic E-state index is 0.122. The van der Waals surface area contributed by atoms with Crippen molar-refractivity contribution in [1.29, 1.82) is 0 Å². The number of nitrogens with one attached hydrogen (secondary N) is 1. The van der Waals surface area contributed by atoms with Crippen molar-refractivity contribution in [2.24, 2.45) is 0 Å². The van der Waals surface area contributed by atoms with Crippen LogP contribution in [0.2, 0.25) is 0 Å². The first-order valence-electron chi connectivity index (χ1n) is 4.56. The van der Waals surface area contributed by atoms with Crippen molar-refractivity contribution in [2.45, 2.75) is 51.5 Å². The van der Waals surface area contributed by atoms with E-state index in [1.54, 1.807) is 6.92 Å². The fourth-order valence-electron chi connectivity index (χ4n) is 1.71. The zero-order valence-electron chi connectivity index (χ0n) is 7.23. The van der Waals surface area contributed by atoms with Gasteiger partial charge in [-0.15, -0.1) is 0 Å². The lowest BCUT2D eigenvalue weighted by molar-refractivity contribution is -0.119. The molecule has 1 aliphatic carbocycles. The number of hydrogen-bond acceptors (Lipinski definition) is 1. The van der Waals surface area contributed by atoms with Crippen LogP contribution in [-0.4, -0.2) is 11.9 Å². The molecule has 0 heterocycles. The summed E-state index contributed by atoms with van der Waals surface area (Å²) in [6.45, 7) is 1.60. The van der Waals surface area contributed by atoms with Gasteiger partial charge in [0.2, 0.25) is 5.91 Å². The van der Waals surface area contributed by atoms with Crippen LogP contribution in [0, 0.1) is 0 Å². The van der Waals surface area contributed by atoms with Gasteiger partial charge in [0.25, 0.3) is 0 Å². The first-order valence-corrected chi connectivity index (χ1v) is 4.56. The Morgan fingerprint density at radius 1 is 1.18 bits per heavy atom. The first-order chi connectivity index (χ1) is 5.29. The van der Waals surface area contributed by atoms with Gasteiger partial charge in [-0.2, -0.15) is 0 Å². The molecule has 0 unspecified atom stereocenters. The van der Waals surface area contributed by atoms with Crippen LogP contribution in [0.5, 0.6) is 0 Å². The summed E-state index contributed by atoms with van der Waals surface area (Å²) in [6, 6.07) is 0.468. The molecule has 1 fully saturated rings. The summed E-state index contributed by atoms with van der Waals surface area (Å²) in [4.78, 5) is 10.7. The second-order valence-corrected chi connectivity index (χ2v) is 3.39. The largest absolute Gasteiger partial charge is 0.354 e. The van der Waals surface area contributed by atoms with Crippen LogP contribution in [0.3, 0.4) is 0 Å². The number of amides is 1.